The Morgan fingerprint density at radius 3 is 2.04 bits per heavy atom. The van der Waals surface area contributed by atoms with E-state index in [4.69, 9.17) is 17.3 Å². The molecule has 0 spiro atoms. The van der Waals surface area contributed by atoms with Crippen molar-refractivity contribution in [1.29, 1.82) is 0 Å². The van der Waals surface area contributed by atoms with E-state index in [0.29, 0.717) is 24.0 Å². The summed E-state index contributed by atoms with van der Waals surface area (Å²) in [6.45, 7) is 0. The van der Waals surface area contributed by atoms with E-state index in [1.54, 1.807) is 0 Å². The van der Waals surface area contributed by atoms with Gasteiger partial charge in [0.2, 0.25) is 0 Å². The number of benzene rings is 2. The highest BCUT2D eigenvalue weighted by molar-refractivity contribution is 6.30. The first kappa shape index (κ1) is 16.1. The summed E-state index contributed by atoms with van der Waals surface area (Å²) in [4.78, 5) is 0. The maximum Gasteiger partial charge on any atom is 0.0406 e. The van der Waals surface area contributed by atoms with E-state index in [-0.39, 0.29) is 0 Å². The van der Waals surface area contributed by atoms with E-state index in [2.05, 4.69) is 41.7 Å². The van der Waals surface area contributed by atoms with Crippen LogP contribution in [0.2, 0.25) is 5.02 Å². The highest BCUT2D eigenvalue weighted by Gasteiger charge is 2.39. The van der Waals surface area contributed by atoms with Crippen molar-refractivity contribution < 1.29 is 0 Å². The van der Waals surface area contributed by atoms with Gasteiger partial charge in [-0.2, -0.15) is 0 Å². The number of nitrogens with one attached hydrogen (secondary N) is 1. The van der Waals surface area contributed by atoms with Crippen molar-refractivity contribution >= 4 is 11.6 Å². The molecule has 0 aromatic heterocycles. The summed E-state index contributed by atoms with van der Waals surface area (Å²) in [6, 6.07) is 18.8. The molecule has 0 amide bonds. The second-order valence-electron chi connectivity index (χ2n) is 7.36. The standard InChI is InChI=1S/C21H25ClN2/c22-17-7-5-15(6-8-17)14-1-3-16(4-2-14)20-13-21(20)24-19-11-9-18(23)10-12-19/h1-8,18-21,24H,9-13,23H2/t18?,19?,20-,21+/m1/s1. The minimum absolute atomic E-state index is 0.429. The average molecular weight is 341 g/mol. The molecule has 2 aliphatic carbocycles. The van der Waals surface area contributed by atoms with Crippen molar-refractivity contribution in [2.45, 2.75) is 56.1 Å². The zero-order valence-corrected chi connectivity index (χ0v) is 14.7. The van der Waals surface area contributed by atoms with Crippen LogP contribution in [0.15, 0.2) is 48.5 Å². The van der Waals surface area contributed by atoms with Gasteiger partial charge >= 0.3 is 0 Å². The molecule has 2 aromatic carbocycles. The van der Waals surface area contributed by atoms with Crippen LogP contribution in [-0.4, -0.2) is 18.1 Å². The van der Waals surface area contributed by atoms with Crippen LogP contribution in [0, 0.1) is 0 Å². The van der Waals surface area contributed by atoms with Crippen LogP contribution < -0.4 is 11.1 Å². The molecule has 0 radical (unpaired) electrons. The highest BCUT2D eigenvalue weighted by atomic mass is 35.5. The van der Waals surface area contributed by atoms with Crippen LogP contribution in [0.3, 0.4) is 0 Å². The van der Waals surface area contributed by atoms with Gasteiger partial charge in [-0.1, -0.05) is 48.0 Å². The van der Waals surface area contributed by atoms with E-state index in [9.17, 15) is 0 Å². The zero-order valence-electron chi connectivity index (χ0n) is 13.9. The molecule has 0 bridgehead atoms. The fourth-order valence-corrected chi connectivity index (χ4v) is 4.03. The molecule has 24 heavy (non-hydrogen) atoms. The van der Waals surface area contributed by atoms with Gasteiger partial charge in [0.25, 0.3) is 0 Å². The smallest absolute Gasteiger partial charge is 0.0406 e. The molecule has 2 nitrogen and oxygen atoms in total. The summed E-state index contributed by atoms with van der Waals surface area (Å²) < 4.78 is 0. The lowest BCUT2D eigenvalue weighted by Gasteiger charge is -2.27. The van der Waals surface area contributed by atoms with Gasteiger partial charge in [0.1, 0.15) is 0 Å². The molecule has 2 saturated carbocycles. The summed E-state index contributed by atoms with van der Waals surface area (Å²) in [5, 5.41) is 4.63. The van der Waals surface area contributed by atoms with Crippen LogP contribution >= 0.6 is 11.6 Å². The Balaban J connectivity index is 1.35. The first-order valence-electron chi connectivity index (χ1n) is 9.06. The minimum atomic E-state index is 0.429. The lowest BCUT2D eigenvalue weighted by molar-refractivity contribution is 0.339. The molecule has 126 valence electrons. The third-order valence-electron chi connectivity index (χ3n) is 5.53. The van der Waals surface area contributed by atoms with Gasteiger partial charge in [-0.05, 0) is 60.9 Å². The summed E-state index contributed by atoms with van der Waals surface area (Å²) in [5.74, 6) is 0.680. The molecular weight excluding hydrogens is 316 g/mol. The normalized spacial score (nSPS) is 29.4. The maximum absolute atomic E-state index is 6.00. The summed E-state index contributed by atoms with van der Waals surface area (Å²) in [6.07, 6.45) is 6.08. The van der Waals surface area contributed by atoms with Crippen molar-refractivity contribution in [2.75, 3.05) is 0 Å². The van der Waals surface area contributed by atoms with E-state index in [1.165, 1.54) is 48.8 Å². The molecular formula is C21H25ClN2. The molecule has 0 heterocycles. The van der Waals surface area contributed by atoms with Crippen molar-refractivity contribution in [2.24, 2.45) is 5.73 Å². The maximum atomic E-state index is 6.00. The zero-order chi connectivity index (χ0) is 16.5. The monoisotopic (exact) mass is 340 g/mol. The van der Waals surface area contributed by atoms with Crippen LogP contribution in [-0.2, 0) is 0 Å². The molecule has 3 heteroatoms. The van der Waals surface area contributed by atoms with Crippen molar-refractivity contribution in [1.82, 2.24) is 5.32 Å². The Morgan fingerprint density at radius 1 is 0.833 bits per heavy atom. The van der Waals surface area contributed by atoms with Crippen molar-refractivity contribution in [3.63, 3.8) is 0 Å². The van der Waals surface area contributed by atoms with Crippen molar-refractivity contribution in [3.8, 4) is 11.1 Å². The SMILES string of the molecule is NC1CCC(N[C@H]2C[C@@H]2c2ccc(-c3ccc(Cl)cc3)cc2)CC1. The van der Waals surface area contributed by atoms with E-state index >= 15 is 0 Å². The van der Waals surface area contributed by atoms with Gasteiger partial charge in [-0.3, -0.25) is 0 Å². The van der Waals surface area contributed by atoms with E-state index < -0.39 is 0 Å². The van der Waals surface area contributed by atoms with Crippen LogP contribution in [0.25, 0.3) is 11.1 Å². The summed E-state index contributed by atoms with van der Waals surface area (Å²) >= 11 is 5.96. The Morgan fingerprint density at radius 2 is 1.42 bits per heavy atom. The first-order chi connectivity index (χ1) is 11.7. The third kappa shape index (κ3) is 3.66. The number of hydrogen-bond acceptors (Lipinski definition) is 2. The molecule has 3 N–H and O–H groups in total. The Kier molecular flexibility index (Phi) is 4.62. The third-order valence-corrected chi connectivity index (χ3v) is 5.78. The highest BCUT2D eigenvalue weighted by Crippen LogP contribution is 2.42. The summed E-state index contributed by atoms with van der Waals surface area (Å²) in [7, 11) is 0. The second-order valence-corrected chi connectivity index (χ2v) is 7.79. The molecule has 2 aliphatic rings. The number of nitrogens with two attached hydrogens (primary N) is 1. The quantitative estimate of drug-likeness (QED) is 0.845. The molecule has 2 aromatic rings. The Bertz CT molecular complexity index is 672. The van der Waals surface area contributed by atoms with Crippen molar-refractivity contribution in [3.05, 3.63) is 59.1 Å². The summed E-state index contributed by atoms with van der Waals surface area (Å²) in [5.41, 5.74) is 9.92. The average Bonchev–Trinajstić information content (AvgIpc) is 3.37. The minimum Gasteiger partial charge on any atom is -0.328 e. The molecule has 2 fully saturated rings. The molecule has 0 saturated heterocycles. The van der Waals surface area contributed by atoms with Gasteiger partial charge in [0.05, 0.1) is 0 Å². The lowest BCUT2D eigenvalue weighted by Crippen LogP contribution is -2.38. The molecule has 0 aliphatic heterocycles. The molecule has 2 atom stereocenters. The van der Waals surface area contributed by atoms with E-state index in [1.807, 2.05) is 12.1 Å². The molecule has 0 unspecified atom stereocenters. The van der Waals surface area contributed by atoms with Gasteiger partial charge in [-0.25, -0.2) is 0 Å². The van der Waals surface area contributed by atoms with E-state index in [0.717, 1.165) is 5.02 Å². The van der Waals surface area contributed by atoms with Crippen LogP contribution in [0.5, 0.6) is 0 Å². The topological polar surface area (TPSA) is 38.0 Å². The lowest BCUT2D eigenvalue weighted by atomic mass is 9.92. The fraction of sp³-hybridized carbons (Fsp3) is 0.429. The number of hydrogen-bond donors (Lipinski definition) is 2. The fourth-order valence-electron chi connectivity index (χ4n) is 3.90. The predicted molar refractivity (Wildman–Crippen MR) is 101 cm³/mol. The first-order valence-corrected chi connectivity index (χ1v) is 9.44. The van der Waals surface area contributed by atoms with Gasteiger partial charge < -0.3 is 11.1 Å². The van der Waals surface area contributed by atoms with Gasteiger partial charge in [-0.15, -0.1) is 0 Å². The van der Waals surface area contributed by atoms with Crippen LogP contribution in [0.4, 0.5) is 0 Å². The molecule has 4 rings (SSSR count). The van der Waals surface area contributed by atoms with Crippen LogP contribution in [0.1, 0.15) is 43.6 Å². The largest absolute Gasteiger partial charge is 0.328 e. The van der Waals surface area contributed by atoms with Gasteiger partial charge in [0.15, 0.2) is 0 Å². The van der Waals surface area contributed by atoms with Gasteiger partial charge in [0, 0.05) is 29.1 Å². The Labute approximate surface area is 149 Å². The number of rotatable bonds is 4. The Hall–Kier alpha value is -1.35. The predicted octanol–water partition coefficient (Wildman–Crippen LogP) is 4.72. The second kappa shape index (κ2) is 6.87. The number of halogens is 1.